The summed E-state index contributed by atoms with van der Waals surface area (Å²) in [4.78, 5) is 14.0. The van der Waals surface area contributed by atoms with Gasteiger partial charge in [-0.05, 0) is 25.3 Å². The van der Waals surface area contributed by atoms with E-state index in [0.29, 0.717) is 13.2 Å². The Balaban J connectivity index is 2.70. The number of carbonyl (C=O) groups is 1. The number of carbonyl (C=O) groups excluding carboxylic acids is 1. The molecule has 98 valence electrons. The van der Waals surface area contributed by atoms with Crippen molar-refractivity contribution in [2.75, 3.05) is 27.4 Å². The molecule has 2 atom stereocenters. The molecule has 0 radical (unpaired) electrons. The summed E-state index contributed by atoms with van der Waals surface area (Å²) < 4.78 is 10.4. The van der Waals surface area contributed by atoms with Gasteiger partial charge in [-0.25, -0.2) is 0 Å². The van der Waals surface area contributed by atoms with Crippen LogP contribution in [-0.4, -0.2) is 50.3 Å². The molecule has 4 heteroatoms. The van der Waals surface area contributed by atoms with Crippen LogP contribution >= 0.6 is 0 Å². The molecule has 1 heterocycles. The minimum absolute atomic E-state index is 0.0773. The predicted molar refractivity (Wildman–Crippen MR) is 66.8 cm³/mol. The number of allylic oxidation sites excluding steroid dienone is 1. The second-order valence-electron chi connectivity index (χ2n) is 4.35. The first-order valence-corrected chi connectivity index (χ1v) is 6.21. The summed E-state index contributed by atoms with van der Waals surface area (Å²) in [6, 6.07) is 0.378. The summed E-state index contributed by atoms with van der Waals surface area (Å²) in [6.45, 7) is 3.23. The summed E-state index contributed by atoms with van der Waals surface area (Å²) in [6.07, 6.45) is 6.43. The molecule has 1 fully saturated rings. The Morgan fingerprint density at radius 2 is 1.76 bits per heavy atom. The molecular formula is C13H23NO3. The van der Waals surface area contributed by atoms with Crippen LogP contribution in [0.5, 0.6) is 0 Å². The number of methoxy groups -OCH3 is 2. The average Bonchev–Trinajstić information content (AvgIpc) is 2.70. The maximum atomic E-state index is 12.1. The minimum atomic E-state index is 0.0773. The first kappa shape index (κ1) is 14.2. The van der Waals surface area contributed by atoms with Crippen LogP contribution in [0.3, 0.4) is 0 Å². The van der Waals surface area contributed by atoms with Gasteiger partial charge in [-0.2, -0.15) is 0 Å². The summed E-state index contributed by atoms with van der Waals surface area (Å²) in [5.74, 6) is 0.0773. The SMILES string of the molecule is CC/C=C/C(=O)N1[C@@H](COC)CC[C@@H]1COC. The van der Waals surface area contributed by atoms with Crippen molar-refractivity contribution in [1.29, 1.82) is 0 Å². The van der Waals surface area contributed by atoms with Crippen LogP contribution < -0.4 is 0 Å². The lowest BCUT2D eigenvalue weighted by molar-refractivity contribution is -0.130. The molecule has 1 aliphatic rings. The lowest BCUT2D eigenvalue weighted by Crippen LogP contribution is -2.44. The molecule has 0 bridgehead atoms. The molecule has 0 spiro atoms. The molecule has 1 saturated heterocycles. The number of amides is 1. The molecule has 4 nitrogen and oxygen atoms in total. The third-order valence-electron chi connectivity index (χ3n) is 3.09. The van der Waals surface area contributed by atoms with E-state index in [2.05, 4.69) is 0 Å². The molecule has 1 amide bonds. The molecule has 0 unspecified atom stereocenters. The zero-order valence-electron chi connectivity index (χ0n) is 11.0. The smallest absolute Gasteiger partial charge is 0.246 e. The first-order valence-electron chi connectivity index (χ1n) is 6.21. The molecule has 1 rings (SSSR count). The lowest BCUT2D eigenvalue weighted by Gasteiger charge is -2.28. The highest BCUT2D eigenvalue weighted by molar-refractivity contribution is 5.88. The Hall–Kier alpha value is -0.870. The fourth-order valence-electron chi connectivity index (χ4n) is 2.34. The highest BCUT2D eigenvalue weighted by Crippen LogP contribution is 2.25. The highest BCUT2D eigenvalue weighted by Gasteiger charge is 2.35. The normalized spacial score (nSPS) is 24.8. The number of hydrogen-bond acceptors (Lipinski definition) is 3. The van der Waals surface area contributed by atoms with Gasteiger partial charge in [-0.15, -0.1) is 0 Å². The number of nitrogens with zero attached hydrogens (tertiary/aromatic N) is 1. The predicted octanol–water partition coefficient (Wildman–Crippen LogP) is 1.60. The van der Waals surface area contributed by atoms with E-state index < -0.39 is 0 Å². The van der Waals surface area contributed by atoms with Crippen molar-refractivity contribution in [1.82, 2.24) is 4.90 Å². The van der Waals surface area contributed by atoms with E-state index in [9.17, 15) is 4.79 Å². The van der Waals surface area contributed by atoms with Crippen LogP contribution in [0.25, 0.3) is 0 Å². The monoisotopic (exact) mass is 241 g/mol. The summed E-state index contributed by atoms with van der Waals surface area (Å²) in [7, 11) is 3.35. The van der Waals surface area contributed by atoms with Gasteiger partial charge >= 0.3 is 0 Å². The highest BCUT2D eigenvalue weighted by atomic mass is 16.5. The Morgan fingerprint density at radius 3 is 2.18 bits per heavy atom. The van der Waals surface area contributed by atoms with E-state index in [1.54, 1.807) is 20.3 Å². The molecule has 0 aliphatic carbocycles. The third-order valence-corrected chi connectivity index (χ3v) is 3.09. The second kappa shape index (κ2) is 7.45. The van der Waals surface area contributed by atoms with Gasteiger partial charge in [0.15, 0.2) is 0 Å². The average molecular weight is 241 g/mol. The van der Waals surface area contributed by atoms with Crippen LogP contribution in [0.1, 0.15) is 26.2 Å². The zero-order valence-corrected chi connectivity index (χ0v) is 11.0. The number of rotatable bonds is 6. The zero-order chi connectivity index (χ0) is 12.7. The van der Waals surface area contributed by atoms with E-state index in [0.717, 1.165) is 19.3 Å². The molecule has 0 saturated carbocycles. The van der Waals surface area contributed by atoms with Gasteiger partial charge in [0.25, 0.3) is 0 Å². The molecule has 0 aromatic heterocycles. The van der Waals surface area contributed by atoms with Gasteiger partial charge < -0.3 is 14.4 Å². The summed E-state index contributed by atoms with van der Waals surface area (Å²) in [5.41, 5.74) is 0. The molecular weight excluding hydrogens is 218 g/mol. The summed E-state index contributed by atoms with van der Waals surface area (Å²) in [5, 5.41) is 0. The van der Waals surface area contributed by atoms with Crippen LogP contribution in [-0.2, 0) is 14.3 Å². The fraction of sp³-hybridized carbons (Fsp3) is 0.769. The molecule has 0 aromatic rings. The standard InChI is InChI=1S/C13H23NO3/c1-4-5-6-13(15)14-11(9-16-2)7-8-12(14)10-17-3/h5-6,11-12H,4,7-10H2,1-3H3/b6-5+/t11-,12-/m1/s1. The van der Waals surface area contributed by atoms with E-state index >= 15 is 0 Å². The van der Waals surface area contributed by atoms with Gasteiger partial charge in [0.1, 0.15) is 0 Å². The Labute approximate surface area is 104 Å². The minimum Gasteiger partial charge on any atom is -0.383 e. The van der Waals surface area contributed by atoms with Crippen LogP contribution in [0.4, 0.5) is 0 Å². The van der Waals surface area contributed by atoms with E-state index in [-0.39, 0.29) is 18.0 Å². The van der Waals surface area contributed by atoms with E-state index in [4.69, 9.17) is 9.47 Å². The largest absolute Gasteiger partial charge is 0.383 e. The number of ether oxygens (including phenoxy) is 2. The first-order chi connectivity index (χ1) is 8.24. The van der Waals surface area contributed by atoms with Gasteiger partial charge in [0, 0.05) is 14.2 Å². The molecule has 0 aromatic carbocycles. The number of hydrogen-bond donors (Lipinski definition) is 0. The van der Waals surface area contributed by atoms with E-state index in [1.807, 2.05) is 17.9 Å². The Kier molecular flexibility index (Phi) is 6.22. The quantitative estimate of drug-likeness (QED) is 0.663. The van der Waals surface area contributed by atoms with Crippen LogP contribution in [0, 0.1) is 0 Å². The molecule has 0 N–H and O–H groups in total. The topological polar surface area (TPSA) is 38.8 Å². The van der Waals surface area contributed by atoms with Crippen molar-refractivity contribution in [3.8, 4) is 0 Å². The van der Waals surface area contributed by atoms with Crippen molar-refractivity contribution in [3.63, 3.8) is 0 Å². The van der Waals surface area contributed by atoms with Crippen LogP contribution in [0.15, 0.2) is 12.2 Å². The maximum Gasteiger partial charge on any atom is 0.246 e. The second-order valence-corrected chi connectivity index (χ2v) is 4.35. The maximum absolute atomic E-state index is 12.1. The van der Waals surface area contributed by atoms with Gasteiger partial charge in [-0.1, -0.05) is 13.0 Å². The van der Waals surface area contributed by atoms with Gasteiger partial charge in [0.2, 0.25) is 5.91 Å². The van der Waals surface area contributed by atoms with Crippen molar-refractivity contribution in [2.45, 2.75) is 38.3 Å². The van der Waals surface area contributed by atoms with Crippen molar-refractivity contribution < 1.29 is 14.3 Å². The van der Waals surface area contributed by atoms with Gasteiger partial charge in [-0.3, -0.25) is 4.79 Å². The van der Waals surface area contributed by atoms with Crippen molar-refractivity contribution >= 4 is 5.91 Å². The van der Waals surface area contributed by atoms with Crippen molar-refractivity contribution in [2.24, 2.45) is 0 Å². The Bertz CT molecular complexity index is 251. The van der Waals surface area contributed by atoms with Crippen molar-refractivity contribution in [3.05, 3.63) is 12.2 Å². The number of likely N-dealkylation sites (tertiary alicyclic amines) is 1. The third kappa shape index (κ3) is 3.82. The van der Waals surface area contributed by atoms with E-state index in [1.165, 1.54) is 0 Å². The lowest BCUT2D eigenvalue weighted by atomic mass is 10.2. The molecule has 17 heavy (non-hydrogen) atoms. The fourth-order valence-corrected chi connectivity index (χ4v) is 2.34. The summed E-state index contributed by atoms with van der Waals surface area (Å²) >= 11 is 0. The molecule has 1 aliphatic heterocycles. The Morgan fingerprint density at radius 1 is 1.24 bits per heavy atom. The van der Waals surface area contributed by atoms with Crippen LogP contribution in [0.2, 0.25) is 0 Å². The van der Waals surface area contributed by atoms with Gasteiger partial charge in [0.05, 0.1) is 25.3 Å².